The van der Waals surface area contributed by atoms with Crippen molar-refractivity contribution in [2.24, 2.45) is 0 Å². The normalized spacial score (nSPS) is 29.1. The van der Waals surface area contributed by atoms with Crippen molar-refractivity contribution >= 4 is 5.97 Å². The van der Waals surface area contributed by atoms with Gasteiger partial charge in [0.25, 0.3) is 0 Å². The zero-order chi connectivity index (χ0) is 14.9. The zero-order valence-electron chi connectivity index (χ0n) is 12.9. The molecule has 1 aliphatic heterocycles. The van der Waals surface area contributed by atoms with Crippen LogP contribution in [0, 0.1) is 6.92 Å². The zero-order valence-corrected chi connectivity index (χ0v) is 12.9. The van der Waals surface area contributed by atoms with E-state index in [1.54, 1.807) is 0 Å². The van der Waals surface area contributed by atoms with Crippen LogP contribution in [0.2, 0.25) is 0 Å². The summed E-state index contributed by atoms with van der Waals surface area (Å²) in [5.41, 5.74) is 1.84. The van der Waals surface area contributed by atoms with Gasteiger partial charge in [0, 0.05) is 0 Å². The molecule has 1 saturated heterocycles. The molecule has 21 heavy (non-hydrogen) atoms. The highest BCUT2D eigenvalue weighted by Gasteiger charge is 2.61. The Morgan fingerprint density at radius 1 is 1.24 bits per heavy atom. The number of carbonyl (C=O) groups excluding carboxylic acids is 1. The molecule has 114 valence electrons. The number of hydrogen-bond acceptors (Lipinski definition) is 3. The highest BCUT2D eigenvalue weighted by Crippen LogP contribution is 2.49. The smallest absolute Gasteiger partial charge is 0.339 e. The number of rotatable bonds is 4. The highest BCUT2D eigenvalue weighted by molar-refractivity contribution is 5.80. The van der Waals surface area contributed by atoms with E-state index in [0.717, 1.165) is 24.8 Å². The van der Waals surface area contributed by atoms with Crippen molar-refractivity contribution in [2.75, 3.05) is 0 Å². The first-order chi connectivity index (χ1) is 10.2. The summed E-state index contributed by atoms with van der Waals surface area (Å²) in [6.07, 6.45) is 6.07. The molecule has 2 aliphatic rings. The van der Waals surface area contributed by atoms with Crippen LogP contribution in [0.25, 0.3) is 0 Å². The van der Waals surface area contributed by atoms with Crippen LogP contribution < -0.4 is 0 Å². The lowest BCUT2D eigenvalue weighted by molar-refractivity contribution is -0.152. The summed E-state index contributed by atoms with van der Waals surface area (Å²) in [6, 6.07) is 8.26. The maximum atomic E-state index is 12.3. The molecule has 2 fully saturated rings. The van der Waals surface area contributed by atoms with E-state index in [-0.39, 0.29) is 12.1 Å². The molecule has 2 atom stereocenters. The van der Waals surface area contributed by atoms with Gasteiger partial charge in [-0.3, -0.25) is 0 Å². The third kappa shape index (κ3) is 2.84. The van der Waals surface area contributed by atoms with E-state index in [1.165, 1.54) is 24.8 Å². The third-order valence-corrected chi connectivity index (χ3v) is 4.81. The van der Waals surface area contributed by atoms with Gasteiger partial charge in [0.2, 0.25) is 0 Å². The average molecular weight is 288 g/mol. The Morgan fingerprint density at radius 2 is 1.90 bits per heavy atom. The summed E-state index contributed by atoms with van der Waals surface area (Å²) < 4.78 is 11.5. The second kappa shape index (κ2) is 5.80. The van der Waals surface area contributed by atoms with E-state index in [9.17, 15) is 4.79 Å². The predicted octanol–water partition coefficient (Wildman–Crippen LogP) is 3.88. The van der Waals surface area contributed by atoms with Crippen LogP contribution in [0.15, 0.2) is 24.3 Å². The molecular formula is C18H24O3. The Labute approximate surface area is 126 Å². The molecular weight excluding hydrogens is 264 g/mol. The molecule has 3 heteroatoms. The topological polar surface area (TPSA) is 38.8 Å². The Morgan fingerprint density at radius 3 is 2.52 bits per heavy atom. The van der Waals surface area contributed by atoms with Crippen LogP contribution >= 0.6 is 0 Å². The second-order valence-electron chi connectivity index (χ2n) is 6.30. The van der Waals surface area contributed by atoms with Crippen molar-refractivity contribution in [2.45, 2.75) is 70.2 Å². The minimum atomic E-state index is -0.459. The van der Waals surface area contributed by atoms with Crippen LogP contribution in [0.3, 0.4) is 0 Å². The molecule has 1 aromatic carbocycles. The molecule has 0 bridgehead atoms. The number of hydrogen-bond donors (Lipinski definition) is 0. The summed E-state index contributed by atoms with van der Waals surface area (Å²) in [7, 11) is 0. The first kappa shape index (κ1) is 14.6. The third-order valence-electron chi connectivity index (χ3n) is 4.81. The van der Waals surface area contributed by atoms with E-state index in [2.05, 4.69) is 38.1 Å². The molecule has 0 aromatic heterocycles. The van der Waals surface area contributed by atoms with Crippen LogP contribution in [0.5, 0.6) is 0 Å². The fourth-order valence-corrected chi connectivity index (χ4v) is 3.35. The Kier molecular flexibility index (Phi) is 4.03. The summed E-state index contributed by atoms with van der Waals surface area (Å²) in [4.78, 5) is 12.3. The molecule has 0 radical (unpaired) electrons. The molecule has 0 N–H and O–H groups in total. The Hall–Kier alpha value is -1.35. The quantitative estimate of drug-likeness (QED) is 0.623. The summed E-state index contributed by atoms with van der Waals surface area (Å²) in [5, 5.41) is 0. The van der Waals surface area contributed by atoms with Gasteiger partial charge in [-0.15, -0.1) is 0 Å². The molecule has 1 aliphatic carbocycles. The molecule has 0 amide bonds. The predicted molar refractivity (Wildman–Crippen MR) is 81.0 cm³/mol. The van der Waals surface area contributed by atoms with E-state index >= 15 is 0 Å². The summed E-state index contributed by atoms with van der Waals surface area (Å²) in [5.74, 6) is -0.177. The first-order valence-electron chi connectivity index (χ1n) is 8.11. The van der Waals surface area contributed by atoms with Gasteiger partial charge in [-0.2, -0.15) is 0 Å². The number of esters is 1. The van der Waals surface area contributed by atoms with Crippen molar-refractivity contribution in [3.63, 3.8) is 0 Å². The largest absolute Gasteiger partial charge is 0.460 e. The molecule has 3 nitrogen and oxygen atoms in total. The van der Waals surface area contributed by atoms with Crippen LogP contribution in [-0.4, -0.2) is 18.2 Å². The van der Waals surface area contributed by atoms with Gasteiger partial charge in [-0.25, -0.2) is 4.79 Å². The number of aryl methyl sites for hydroxylation is 1. The number of epoxide rings is 1. The number of benzene rings is 1. The van der Waals surface area contributed by atoms with Crippen molar-refractivity contribution < 1.29 is 14.3 Å². The van der Waals surface area contributed by atoms with Crippen LogP contribution in [0.1, 0.15) is 56.6 Å². The molecule has 3 rings (SSSR count). The lowest BCUT2D eigenvalue weighted by atomic mass is 9.92. The Bertz CT molecular complexity index is 502. The minimum Gasteiger partial charge on any atom is -0.460 e. The molecule has 2 unspecified atom stereocenters. The van der Waals surface area contributed by atoms with E-state index in [4.69, 9.17) is 9.47 Å². The molecule has 1 heterocycles. The van der Waals surface area contributed by atoms with E-state index in [0.29, 0.717) is 0 Å². The second-order valence-corrected chi connectivity index (χ2v) is 6.30. The molecule has 1 saturated carbocycles. The van der Waals surface area contributed by atoms with E-state index < -0.39 is 11.7 Å². The van der Waals surface area contributed by atoms with Crippen LogP contribution in [-0.2, 0) is 19.9 Å². The van der Waals surface area contributed by atoms with Gasteiger partial charge < -0.3 is 9.47 Å². The Balaban J connectivity index is 1.66. The maximum Gasteiger partial charge on any atom is 0.339 e. The average Bonchev–Trinajstić information content (AvgIpc) is 3.25. The van der Waals surface area contributed by atoms with E-state index in [1.807, 2.05) is 0 Å². The fourth-order valence-electron chi connectivity index (χ4n) is 3.35. The lowest BCUT2D eigenvalue weighted by Gasteiger charge is -2.21. The van der Waals surface area contributed by atoms with Gasteiger partial charge in [-0.05, 0) is 44.6 Å². The van der Waals surface area contributed by atoms with Crippen molar-refractivity contribution in [1.82, 2.24) is 0 Å². The van der Waals surface area contributed by atoms with Crippen molar-refractivity contribution in [1.29, 1.82) is 0 Å². The molecule has 0 spiro atoms. The highest BCUT2D eigenvalue weighted by atomic mass is 16.7. The monoisotopic (exact) mass is 288 g/mol. The lowest BCUT2D eigenvalue weighted by Crippen LogP contribution is -2.27. The van der Waals surface area contributed by atoms with Crippen molar-refractivity contribution in [3.8, 4) is 0 Å². The molecule has 1 aromatic rings. The maximum absolute atomic E-state index is 12.3. The summed E-state index contributed by atoms with van der Waals surface area (Å²) >= 11 is 0. The van der Waals surface area contributed by atoms with Gasteiger partial charge in [0.15, 0.2) is 6.10 Å². The fraction of sp³-hybridized carbons (Fsp3) is 0.611. The summed E-state index contributed by atoms with van der Waals surface area (Å²) in [6.45, 7) is 4.12. The van der Waals surface area contributed by atoms with Gasteiger partial charge >= 0.3 is 5.97 Å². The number of ether oxygens (including phenoxy) is 2. The minimum absolute atomic E-state index is 0.100. The van der Waals surface area contributed by atoms with Gasteiger partial charge in [0.05, 0.1) is 0 Å². The standard InChI is InChI=1S/C18H24O3/c1-3-18(14-11-9-13(2)10-12-14)16(21-18)17(19)20-15-7-5-4-6-8-15/h9-12,15-16H,3-8H2,1-2H3. The van der Waals surface area contributed by atoms with Crippen LogP contribution in [0.4, 0.5) is 0 Å². The van der Waals surface area contributed by atoms with Crippen molar-refractivity contribution in [3.05, 3.63) is 35.4 Å². The van der Waals surface area contributed by atoms with Gasteiger partial charge in [0.1, 0.15) is 11.7 Å². The first-order valence-corrected chi connectivity index (χ1v) is 8.11. The SMILES string of the molecule is CCC1(c2ccc(C)cc2)OC1C(=O)OC1CCCCC1. The van der Waals surface area contributed by atoms with Gasteiger partial charge in [-0.1, -0.05) is 43.2 Å². The number of carbonyl (C=O) groups is 1.